The molecule has 0 amide bonds. The van der Waals surface area contributed by atoms with Crippen molar-refractivity contribution < 1.29 is 8.42 Å². The molecule has 9 heteroatoms. The number of aromatic amines is 1. The first-order valence-electron chi connectivity index (χ1n) is 5.67. The second-order valence-electron chi connectivity index (χ2n) is 4.06. The van der Waals surface area contributed by atoms with Crippen molar-refractivity contribution in [2.75, 3.05) is 0 Å². The zero-order chi connectivity index (χ0) is 14.8. The predicted octanol–water partition coefficient (Wildman–Crippen LogP) is 0.478. The van der Waals surface area contributed by atoms with Crippen molar-refractivity contribution in [1.82, 2.24) is 19.7 Å². The number of H-pyrrole nitrogens is 1. The Bertz CT molecular complexity index is 695. The van der Waals surface area contributed by atoms with Gasteiger partial charge in [0.1, 0.15) is 15.7 Å². The summed E-state index contributed by atoms with van der Waals surface area (Å²) in [6.45, 7) is 1.69. The van der Waals surface area contributed by atoms with Crippen LogP contribution in [-0.2, 0) is 10.0 Å². The van der Waals surface area contributed by atoms with E-state index in [1.54, 1.807) is 19.3 Å². The zero-order valence-corrected chi connectivity index (χ0v) is 12.2. The average molecular weight is 311 g/mol. The van der Waals surface area contributed by atoms with E-state index in [2.05, 4.69) is 19.7 Å². The van der Waals surface area contributed by atoms with E-state index in [9.17, 15) is 8.42 Å². The summed E-state index contributed by atoms with van der Waals surface area (Å²) >= 11 is 4.76. The number of rotatable bonds is 5. The van der Waals surface area contributed by atoms with Gasteiger partial charge in [0.25, 0.3) is 0 Å². The van der Waals surface area contributed by atoms with Crippen molar-refractivity contribution in [1.29, 1.82) is 0 Å². The first-order valence-corrected chi connectivity index (χ1v) is 7.57. The molecule has 106 valence electrons. The summed E-state index contributed by atoms with van der Waals surface area (Å²) in [6, 6.07) is 2.39. The minimum Gasteiger partial charge on any atom is -0.388 e. The van der Waals surface area contributed by atoms with Gasteiger partial charge in [0.15, 0.2) is 0 Å². The van der Waals surface area contributed by atoms with Crippen LogP contribution < -0.4 is 10.5 Å². The maximum absolute atomic E-state index is 12.2. The lowest BCUT2D eigenvalue weighted by Crippen LogP contribution is -2.27. The molecule has 2 rings (SSSR count). The average Bonchev–Trinajstić information content (AvgIpc) is 2.92. The van der Waals surface area contributed by atoms with Gasteiger partial charge < -0.3 is 10.7 Å². The maximum atomic E-state index is 12.2. The number of nitrogens with one attached hydrogen (secondary N) is 2. The Morgan fingerprint density at radius 1 is 1.45 bits per heavy atom. The zero-order valence-electron chi connectivity index (χ0n) is 10.6. The van der Waals surface area contributed by atoms with Crippen LogP contribution in [0, 0.1) is 0 Å². The fourth-order valence-electron chi connectivity index (χ4n) is 1.56. The molecular formula is C11H13N5O2S2. The lowest BCUT2D eigenvalue weighted by Gasteiger charge is -2.12. The number of hydrogen-bond donors (Lipinski definition) is 3. The van der Waals surface area contributed by atoms with Gasteiger partial charge in [-0.05, 0) is 19.1 Å². The summed E-state index contributed by atoms with van der Waals surface area (Å²) < 4.78 is 26.8. The van der Waals surface area contributed by atoms with Gasteiger partial charge >= 0.3 is 0 Å². The third kappa shape index (κ3) is 3.18. The fourth-order valence-corrected chi connectivity index (χ4v) is 2.83. The third-order valence-electron chi connectivity index (χ3n) is 2.56. The molecule has 0 bridgehead atoms. The lowest BCUT2D eigenvalue weighted by molar-refractivity contribution is 0.560. The molecule has 1 atom stereocenters. The summed E-state index contributed by atoms with van der Waals surface area (Å²) in [5, 5.41) is 0. The Kier molecular flexibility index (Phi) is 4.12. The van der Waals surface area contributed by atoms with Crippen LogP contribution in [0.2, 0.25) is 0 Å². The second kappa shape index (κ2) is 5.65. The molecule has 2 heterocycles. The minimum atomic E-state index is -3.68. The van der Waals surface area contributed by atoms with Gasteiger partial charge in [0.2, 0.25) is 10.0 Å². The summed E-state index contributed by atoms with van der Waals surface area (Å²) in [5.41, 5.74) is 5.78. The normalized spacial score (nSPS) is 13.1. The van der Waals surface area contributed by atoms with Crippen molar-refractivity contribution in [2.45, 2.75) is 17.9 Å². The number of nitrogens with zero attached hydrogens (tertiary/aromatic N) is 2. The van der Waals surface area contributed by atoms with Gasteiger partial charge in [-0.15, -0.1) is 0 Å². The Labute approximate surface area is 121 Å². The van der Waals surface area contributed by atoms with Gasteiger partial charge in [-0.1, -0.05) is 12.2 Å². The number of nitrogens with two attached hydrogens (primary N) is 1. The number of aromatic nitrogens is 3. The van der Waals surface area contributed by atoms with Crippen LogP contribution in [0.5, 0.6) is 0 Å². The van der Waals surface area contributed by atoms with Crippen molar-refractivity contribution in [3.05, 3.63) is 42.2 Å². The highest BCUT2D eigenvalue weighted by Crippen LogP contribution is 2.13. The van der Waals surface area contributed by atoms with Gasteiger partial charge in [0.05, 0.1) is 11.7 Å². The molecule has 7 nitrogen and oxygen atoms in total. The SMILES string of the molecule is CC(NS(=O)(=O)c1ccc(C(N)=S)nc1)c1ncc[nH]1. The molecule has 0 spiro atoms. The molecule has 20 heavy (non-hydrogen) atoms. The van der Waals surface area contributed by atoms with E-state index in [1.165, 1.54) is 18.3 Å². The van der Waals surface area contributed by atoms with Crippen molar-refractivity contribution in [3.63, 3.8) is 0 Å². The van der Waals surface area contributed by atoms with E-state index in [-0.39, 0.29) is 9.88 Å². The molecule has 0 saturated heterocycles. The highest BCUT2D eigenvalue weighted by Gasteiger charge is 2.20. The molecule has 0 aliphatic rings. The second-order valence-corrected chi connectivity index (χ2v) is 6.21. The quantitative estimate of drug-likeness (QED) is 0.692. The van der Waals surface area contributed by atoms with Crippen molar-refractivity contribution in [3.8, 4) is 0 Å². The number of sulfonamides is 1. The van der Waals surface area contributed by atoms with Crippen LogP contribution in [0.1, 0.15) is 24.5 Å². The van der Waals surface area contributed by atoms with Crippen molar-refractivity contribution >= 4 is 27.2 Å². The number of pyridine rings is 1. The van der Waals surface area contributed by atoms with Crippen LogP contribution in [0.15, 0.2) is 35.6 Å². The number of imidazole rings is 1. The molecule has 0 aliphatic carbocycles. The van der Waals surface area contributed by atoms with Gasteiger partial charge in [-0.25, -0.2) is 18.1 Å². The maximum Gasteiger partial charge on any atom is 0.242 e. The first kappa shape index (κ1) is 14.6. The molecule has 0 saturated carbocycles. The highest BCUT2D eigenvalue weighted by molar-refractivity contribution is 7.89. The van der Waals surface area contributed by atoms with E-state index < -0.39 is 16.1 Å². The van der Waals surface area contributed by atoms with Crippen LogP contribution in [0.4, 0.5) is 0 Å². The van der Waals surface area contributed by atoms with E-state index in [1.807, 2.05) is 0 Å². The minimum absolute atomic E-state index is 0.0379. The summed E-state index contributed by atoms with van der Waals surface area (Å²) in [5.74, 6) is 0.529. The van der Waals surface area contributed by atoms with Gasteiger partial charge in [-0.2, -0.15) is 0 Å². The van der Waals surface area contributed by atoms with Crippen LogP contribution >= 0.6 is 12.2 Å². The van der Waals surface area contributed by atoms with E-state index in [4.69, 9.17) is 18.0 Å². The standard InChI is InChI=1S/C11H13N5O2S2/c1-7(11-13-4-5-14-11)16-20(17,18)8-2-3-9(10(12)19)15-6-8/h2-7,16H,1H3,(H2,12,19)(H,13,14). The fraction of sp³-hybridized carbons (Fsp3) is 0.182. The molecule has 0 aromatic carbocycles. The molecule has 0 radical (unpaired) electrons. The summed E-state index contributed by atoms with van der Waals surface area (Å²) in [6.07, 6.45) is 4.39. The molecule has 2 aromatic heterocycles. The largest absolute Gasteiger partial charge is 0.388 e. The molecule has 0 fully saturated rings. The van der Waals surface area contributed by atoms with E-state index >= 15 is 0 Å². The number of hydrogen-bond acceptors (Lipinski definition) is 5. The summed E-state index contributed by atoms with van der Waals surface area (Å²) in [7, 11) is -3.68. The monoisotopic (exact) mass is 311 g/mol. The van der Waals surface area contributed by atoms with Gasteiger partial charge in [-0.3, -0.25) is 4.98 Å². The third-order valence-corrected chi connectivity index (χ3v) is 4.30. The van der Waals surface area contributed by atoms with E-state index in [0.29, 0.717) is 11.5 Å². The Morgan fingerprint density at radius 3 is 2.70 bits per heavy atom. The lowest BCUT2D eigenvalue weighted by atomic mass is 10.3. The van der Waals surface area contributed by atoms with Crippen LogP contribution in [0.3, 0.4) is 0 Å². The molecule has 2 aromatic rings. The predicted molar refractivity (Wildman–Crippen MR) is 77.4 cm³/mol. The Balaban J connectivity index is 2.20. The van der Waals surface area contributed by atoms with E-state index in [0.717, 1.165) is 0 Å². The first-order chi connectivity index (χ1) is 9.40. The number of thiocarbonyl (C=S) groups is 1. The molecule has 4 N–H and O–H groups in total. The smallest absolute Gasteiger partial charge is 0.242 e. The van der Waals surface area contributed by atoms with Crippen LogP contribution in [-0.4, -0.2) is 28.4 Å². The Morgan fingerprint density at radius 2 is 2.20 bits per heavy atom. The summed E-state index contributed by atoms with van der Waals surface area (Å²) in [4.78, 5) is 10.9. The van der Waals surface area contributed by atoms with Crippen LogP contribution in [0.25, 0.3) is 0 Å². The molecule has 0 aliphatic heterocycles. The molecular weight excluding hydrogens is 298 g/mol. The van der Waals surface area contributed by atoms with Gasteiger partial charge in [0, 0.05) is 18.6 Å². The topological polar surface area (TPSA) is 114 Å². The highest BCUT2D eigenvalue weighted by atomic mass is 32.2. The van der Waals surface area contributed by atoms with Crippen molar-refractivity contribution in [2.24, 2.45) is 5.73 Å². The Hall–Kier alpha value is -1.84. The molecule has 1 unspecified atom stereocenters.